The summed E-state index contributed by atoms with van der Waals surface area (Å²) in [6, 6.07) is 11.5. The molecule has 20 heavy (non-hydrogen) atoms. The van der Waals surface area contributed by atoms with Crippen LogP contribution in [0.15, 0.2) is 53.3 Å². The number of nitrogens with zero attached hydrogens (tertiary/aromatic N) is 2. The second-order valence-electron chi connectivity index (χ2n) is 4.20. The summed E-state index contributed by atoms with van der Waals surface area (Å²) in [6.45, 7) is 0. The highest BCUT2D eigenvalue weighted by atomic mass is 79.9. The molecule has 0 amide bonds. The number of rotatable bonds is 3. The van der Waals surface area contributed by atoms with Crippen LogP contribution in [0, 0.1) is 0 Å². The Morgan fingerprint density at radius 2 is 2.00 bits per heavy atom. The molecule has 0 atom stereocenters. The van der Waals surface area contributed by atoms with E-state index in [-0.39, 0.29) is 0 Å². The van der Waals surface area contributed by atoms with E-state index in [1.165, 1.54) is 0 Å². The minimum atomic E-state index is 0.345. The van der Waals surface area contributed by atoms with Crippen LogP contribution in [0.1, 0.15) is 5.69 Å². The van der Waals surface area contributed by atoms with Gasteiger partial charge in [0.05, 0.1) is 23.3 Å². The molecule has 0 radical (unpaired) electrons. The summed E-state index contributed by atoms with van der Waals surface area (Å²) in [5.74, 6) is 1.74. The second kappa shape index (κ2) is 5.77. The molecular weight excluding hydrogens is 340 g/mol. The number of fused-ring (bicyclic) bond motifs is 1. The first-order valence-corrected chi connectivity index (χ1v) is 7.32. The highest BCUT2D eigenvalue weighted by Gasteiger charge is 2.08. The normalized spacial score (nSPS) is 10.7. The van der Waals surface area contributed by atoms with Gasteiger partial charge in [-0.05, 0) is 34.1 Å². The summed E-state index contributed by atoms with van der Waals surface area (Å²) in [7, 11) is 0. The summed E-state index contributed by atoms with van der Waals surface area (Å²) in [5, 5.41) is 0.946. The predicted octanol–water partition coefficient (Wildman–Crippen LogP) is 4.92. The van der Waals surface area contributed by atoms with Crippen LogP contribution in [0.2, 0.25) is 0 Å². The average Bonchev–Trinajstić information content (AvgIpc) is 2.47. The Labute approximate surface area is 129 Å². The Bertz CT molecular complexity index is 764. The van der Waals surface area contributed by atoms with Gasteiger partial charge in [0.25, 0.3) is 0 Å². The van der Waals surface area contributed by atoms with Gasteiger partial charge in [-0.25, -0.2) is 0 Å². The van der Waals surface area contributed by atoms with Gasteiger partial charge in [0.2, 0.25) is 0 Å². The molecule has 0 bridgehead atoms. The highest BCUT2D eigenvalue weighted by Crippen LogP contribution is 2.30. The van der Waals surface area contributed by atoms with Crippen LogP contribution in [-0.4, -0.2) is 9.97 Å². The van der Waals surface area contributed by atoms with Crippen molar-refractivity contribution in [3.8, 4) is 11.5 Å². The van der Waals surface area contributed by atoms with Crippen molar-refractivity contribution in [2.75, 3.05) is 0 Å². The standard InChI is InChI=1S/C15H10BrClN2O/c16-10-5-12(9-18-8-10)20-15-6-11(7-17)19-14-4-2-1-3-13(14)15/h1-6,8-9H,7H2. The number of benzene rings is 1. The number of aromatic nitrogens is 2. The van der Waals surface area contributed by atoms with E-state index >= 15 is 0 Å². The predicted molar refractivity (Wildman–Crippen MR) is 83.3 cm³/mol. The zero-order chi connectivity index (χ0) is 13.9. The van der Waals surface area contributed by atoms with Crippen molar-refractivity contribution in [1.82, 2.24) is 9.97 Å². The van der Waals surface area contributed by atoms with Crippen molar-refractivity contribution in [2.24, 2.45) is 0 Å². The third kappa shape index (κ3) is 2.76. The van der Waals surface area contributed by atoms with Gasteiger partial charge in [0.15, 0.2) is 0 Å². The fraction of sp³-hybridized carbons (Fsp3) is 0.0667. The molecule has 2 heterocycles. The summed E-state index contributed by atoms with van der Waals surface area (Å²) < 4.78 is 6.79. The molecule has 0 aliphatic carbocycles. The SMILES string of the molecule is ClCc1cc(Oc2cncc(Br)c2)c2ccccc2n1. The summed E-state index contributed by atoms with van der Waals surface area (Å²) in [6.07, 6.45) is 3.38. The van der Waals surface area contributed by atoms with Gasteiger partial charge < -0.3 is 4.74 Å². The van der Waals surface area contributed by atoms with Crippen LogP contribution in [0.3, 0.4) is 0 Å². The third-order valence-electron chi connectivity index (χ3n) is 2.78. The number of halogens is 2. The van der Waals surface area contributed by atoms with E-state index in [0.717, 1.165) is 26.8 Å². The number of para-hydroxylation sites is 1. The van der Waals surface area contributed by atoms with Crippen LogP contribution < -0.4 is 4.74 Å². The maximum Gasteiger partial charge on any atom is 0.146 e. The van der Waals surface area contributed by atoms with Gasteiger partial charge in [0, 0.05) is 22.1 Å². The third-order valence-corrected chi connectivity index (χ3v) is 3.48. The number of alkyl halides is 1. The lowest BCUT2D eigenvalue weighted by molar-refractivity contribution is 0.484. The molecule has 1 aromatic carbocycles. The number of pyridine rings is 2. The van der Waals surface area contributed by atoms with Gasteiger partial charge >= 0.3 is 0 Å². The van der Waals surface area contributed by atoms with Crippen LogP contribution in [-0.2, 0) is 5.88 Å². The van der Waals surface area contributed by atoms with Crippen molar-refractivity contribution in [3.05, 3.63) is 59.0 Å². The van der Waals surface area contributed by atoms with Gasteiger partial charge in [-0.1, -0.05) is 12.1 Å². The van der Waals surface area contributed by atoms with E-state index in [0.29, 0.717) is 11.6 Å². The molecule has 0 unspecified atom stereocenters. The van der Waals surface area contributed by atoms with Crippen molar-refractivity contribution in [3.63, 3.8) is 0 Å². The Hall–Kier alpha value is -1.65. The minimum Gasteiger partial charge on any atom is -0.455 e. The number of hydrogen-bond acceptors (Lipinski definition) is 3. The summed E-state index contributed by atoms with van der Waals surface area (Å²) >= 11 is 9.27. The largest absolute Gasteiger partial charge is 0.455 e. The molecule has 2 aromatic heterocycles. The maximum atomic E-state index is 5.92. The van der Waals surface area contributed by atoms with Crippen LogP contribution >= 0.6 is 27.5 Å². The zero-order valence-electron chi connectivity index (χ0n) is 10.4. The Balaban J connectivity index is 2.10. The first kappa shape index (κ1) is 13.3. The molecule has 3 rings (SSSR count). The molecular formula is C15H10BrClN2O. The summed E-state index contributed by atoms with van der Waals surface area (Å²) in [5.41, 5.74) is 1.65. The van der Waals surface area contributed by atoms with E-state index in [9.17, 15) is 0 Å². The smallest absolute Gasteiger partial charge is 0.146 e. The van der Waals surface area contributed by atoms with Gasteiger partial charge in [-0.3, -0.25) is 9.97 Å². The van der Waals surface area contributed by atoms with Gasteiger partial charge in [0.1, 0.15) is 11.5 Å². The first-order valence-electron chi connectivity index (χ1n) is 5.99. The Kier molecular flexibility index (Phi) is 3.85. The van der Waals surface area contributed by atoms with E-state index < -0.39 is 0 Å². The lowest BCUT2D eigenvalue weighted by Gasteiger charge is -2.10. The monoisotopic (exact) mass is 348 g/mol. The molecule has 0 aliphatic heterocycles. The fourth-order valence-corrected chi connectivity index (χ4v) is 2.40. The minimum absolute atomic E-state index is 0.345. The van der Waals surface area contributed by atoms with E-state index in [4.69, 9.17) is 16.3 Å². The van der Waals surface area contributed by atoms with Crippen LogP contribution in [0.5, 0.6) is 11.5 Å². The molecule has 0 spiro atoms. The molecule has 3 aromatic rings. The first-order chi connectivity index (χ1) is 9.76. The summed E-state index contributed by atoms with van der Waals surface area (Å²) in [4.78, 5) is 8.57. The molecule has 0 N–H and O–H groups in total. The molecule has 0 saturated carbocycles. The average molecular weight is 350 g/mol. The fourth-order valence-electron chi connectivity index (χ4n) is 1.92. The molecule has 0 fully saturated rings. The number of ether oxygens (including phenoxy) is 1. The molecule has 100 valence electrons. The highest BCUT2D eigenvalue weighted by molar-refractivity contribution is 9.10. The van der Waals surface area contributed by atoms with Gasteiger partial charge in [-0.2, -0.15) is 0 Å². The molecule has 5 heteroatoms. The molecule has 0 saturated heterocycles. The van der Waals surface area contributed by atoms with E-state index in [2.05, 4.69) is 25.9 Å². The van der Waals surface area contributed by atoms with Crippen LogP contribution in [0.25, 0.3) is 10.9 Å². The van der Waals surface area contributed by atoms with Crippen molar-refractivity contribution < 1.29 is 4.74 Å². The quantitative estimate of drug-likeness (QED) is 0.629. The zero-order valence-corrected chi connectivity index (χ0v) is 12.7. The molecule has 0 aliphatic rings. The van der Waals surface area contributed by atoms with E-state index in [1.54, 1.807) is 12.4 Å². The lowest BCUT2D eigenvalue weighted by Crippen LogP contribution is -1.92. The second-order valence-corrected chi connectivity index (χ2v) is 5.39. The Morgan fingerprint density at radius 3 is 2.80 bits per heavy atom. The van der Waals surface area contributed by atoms with Gasteiger partial charge in [-0.15, -0.1) is 11.6 Å². The Morgan fingerprint density at radius 1 is 1.15 bits per heavy atom. The van der Waals surface area contributed by atoms with E-state index in [1.807, 2.05) is 36.4 Å². The van der Waals surface area contributed by atoms with Crippen LogP contribution in [0.4, 0.5) is 0 Å². The van der Waals surface area contributed by atoms with Crippen molar-refractivity contribution in [2.45, 2.75) is 5.88 Å². The number of hydrogen-bond donors (Lipinski definition) is 0. The van der Waals surface area contributed by atoms with Crippen molar-refractivity contribution >= 4 is 38.4 Å². The topological polar surface area (TPSA) is 35.0 Å². The molecule has 3 nitrogen and oxygen atoms in total. The van der Waals surface area contributed by atoms with Crippen molar-refractivity contribution in [1.29, 1.82) is 0 Å². The maximum absolute atomic E-state index is 5.92. The lowest BCUT2D eigenvalue weighted by atomic mass is 10.2.